The number of aryl methyl sites for hydroxylation is 4. The van der Waals surface area contributed by atoms with Crippen LogP contribution in [0.15, 0.2) is 60.2 Å². The molecular weight excluding hydrogens is 830 g/mol. The quantitative estimate of drug-likeness (QED) is 0.202. The number of carbonyl (C=O) groups is 3. The number of Topliss-reactive ketones (excluding diaryl/α,β-unsaturated/α-hetero) is 1. The summed E-state index contributed by atoms with van der Waals surface area (Å²) >= 11 is 0. The van der Waals surface area contributed by atoms with Crippen molar-refractivity contribution in [2.24, 2.45) is 11.8 Å². The molecule has 6 rings (SSSR count). The average molecular weight is 897 g/mol. The fraction of sp³-hybridized carbons (Fsp3) is 0.540. The molecule has 0 bridgehead atoms. The number of cyclic esters (lactones) is 2. The van der Waals surface area contributed by atoms with E-state index in [0.717, 1.165) is 42.0 Å². The molecule has 4 unspecified atom stereocenters. The fourth-order valence-corrected chi connectivity index (χ4v) is 7.92. The first kappa shape index (κ1) is 51.7. The van der Waals surface area contributed by atoms with E-state index in [9.17, 15) is 28.3 Å². The molecule has 4 aliphatic heterocycles. The molecule has 13 heteroatoms. The van der Waals surface area contributed by atoms with Gasteiger partial charge in [-0.3, -0.25) is 4.79 Å². The normalized spacial score (nSPS) is 32.2. The van der Waals surface area contributed by atoms with Gasteiger partial charge in [-0.15, -0.1) is 8.58 Å². The summed E-state index contributed by atoms with van der Waals surface area (Å²) in [5.74, 6) is -6.15. The summed E-state index contributed by atoms with van der Waals surface area (Å²) in [7, 11) is 1.08. The summed E-state index contributed by atoms with van der Waals surface area (Å²) in [4.78, 5) is 38.5. The van der Waals surface area contributed by atoms with Crippen molar-refractivity contribution in [2.45, 2.75) is 150 Å². The molecule has 0 saturated carbocycles. The number of hydrogen-bond acceptors (Lipinski definition) is 10. The molecule has 0 aromatic heterocycles. The van der Waals surface area contributed by atoms with Crippen molar-refractivity contribution in [2.75, 3.05) is 13.3 Å². The van der Waals surface area contributed by atoms with Crippen molar-refractivity contribution < 1.29 is 56.7 Å². The standard InChI is InChI=1S/C24H31FO5.C24H29FO5.C2H7P/c2*1-13-10-15(3)20-17(11-13)8-7-9-19-22(30-24(5,6)29-19)21(26)18(25)12-14(2)16(4)28-23(20)27;1-3-2/h7-8,10-12,14,16,19,21-22,26H,9H2,1-6H3;7-8,10-12,14,16,19,22H,9H2,1-6H3;3H,1-2H3/b2*8-7+,18-12+;/t14-,16+,19+,21?,22?;14-,16+,19?,22?;/m11./s1. The summed E-state index contributed by atoms with van der Waals surface area (Å²) in [6, 6.07) is 7.71. The number of aliphatic hydroxyl groups excluding tert-OH is 1. The molecule has 63 heavy (non-hydrogen) atoms. The number of esters is 2. The first-order valence-electron chi connectivity index (χ1n) is 21.6. The average Bonchev–Trinajstić information content (AvgIpc) is 3.66. The minimum atomic E-state index is -1.46. The van der Waals surface area contributed by atoms with Gasteiger partial charge in [0.2, 0.25) is 5.78 Å². The molecule has 4 heterocycles. The van der Waals surface area contributed by atoms with Crippen LogP contribution in [0.5, 0.6) is 0 Å². The van der Waals surface area contributed by atoms with Crippen molar-refractivity contribution in [3.8, 4) is 0 Å². The smallest absolute Gasteiger partial charge is 0.339 e. The van der Waals surface area contributed by atoms with E-state index in [1.807, 2.05) is 76.3 Å². The van der Waals surface area contributed by atoms with Crippen LogP contribution in [0, 0.1) is 39.5 Å². The maximum atomic E-state index is 14.8. The Balaban J connectivity index is 0.000000260. The molecule has 2 aromatic rings. The Morgan fingerprint density at radius 1 is 0.651 bits per heavy atom. The van der Waals surface area contributed by atoms with Crippen LogP contribution in [0.2, 0.25) is 0 Å². The minimum Gasteiger partial charge on any atom is -0.458 e. The Morgan fingerprint density at radius 2 is 1.08 bits per heavy atom. The van der Waals surface area contributed by atoms with E-state index in [-0.39, 0.29) is 0 Å². The van der Waals surface area contributed by atoms with E-state index in [2.05, 4.69) is 13.3 Å². The van der Waals surface area contributed by atoms with Gasteiger partial charge < -0.3 is 33.5 Å². The zero-order chi connectivity index (χ0) is 47.1. The molecule has 10 nitrogen and oxygen atoms in total. The van der Waals surface area contributed by atoms with Crippen molar-refractivity contribution in [1.82, 2.24) is 0 Å². The van der Waals surface area contributed by atoms with E-state index in [0.29, 0.717) is 24.0 Å². The predicted molar refractivity (Wildman–Crippen MR) is 244 cm³/mol. The van der Waals surface area contributed by atoms with E-state index >= 15 is 0 Å². The lowest BCUT2D eigenvalue weighted by atomic mass is 9.96. The van der Waals surface area contributed by atoms with Gasteiger partial charge in [0.25, 0.3) is 0 Å². The maximum absolute atomic E-state index is 14.8. The number of carbonyl (C=O) groups excluding carboxylic acids is 3. The van der Waals surface area contributed by atoms with Crippen LogP contribution in [-0.4, -0.2) is 90.5 Å². The molecule has 0 aliphatic carbocycles. The SMILES string of the molecule is CPC.Cc1cc(C)c2c(c1)/C=C/CC1OC(C)(C)OC1C(=O)/C(F)=C\[C@@H](C)[C@H](C)OC2=O.Cc1cc(C)c2c(c1)/C=C/C[C@@H]1OC(C)(C)OC1C(O)/C(F)=C\[C@@H](C)[C@H](C)OC2=O. The molecule has 2 aromatic carbocycles. The lowest BCUT2D eigenvalue weighted by molar-refractivity contribution is -0.153. The summed E-state index contributed by atoms with van der Waals surface area (Å²) in [5.41, 5.74) is 6.15. The van der Waals surface area contributed by atoms with Crippen molar-refractivity contribution in [3.63, 3.8) is 0 Å². The second kappa shape index (κ2) is 21.9. The van der Waals surface area contributed by atoms with Crippen LogP contribution in [-0.2, 0) is 33.2 Å². The number of halogens is 2. The highest BCUT2D eigenvalue weighted by Crippen LogP contribution is 2.36. The molecule has 2 saturated heterocycles. The van der Waals surface area contributed by atoms with Crippen LogP contribution in [0.1, 0.15) is 122 Å². The number of hydrogen-bond donors (Lipinski definition) is 1. The number of aliphatic hydroxyl groups is 1. The van der Waals surface area contributed by atoms with Crippen molar-refractivity contribution in [3.05, 3.63) is 105 Å². The van der Waals surface area contributed by atoms with Gasteiger partial charge in [-0.25, -0.2) is 18.4 Å². The highest BCUT2D eigenvalue weighted by atomic mass is 31.1. The number of rotatable bonds is 0. The zero-order valence-electron chi connectivity index (χ0n) is 39.3. The largest absolute Gasteiger partial charge is 0.458 e. The number of fused-ring (bicyclic) bond motifs is 4. The Morgan fingerprint density at radius 3 is 1.57 bits per heavy atom. The highest BCUT2D eigenvalue weighted by molar-refractivity contribution is 7.35. The third kappa shape index (κ3) is 13.6. The molecule has 0 radical (unpaired) electrons. The Bertz CT molecular complexity index is 2110. The van der Waals surface area contributed by atoms with Gasteiger partial charge in [0.15, 0.2) is 23.5 Å². The second-order valence-electron chi connectivity index (χ2n) is 17.9. The van der Waals surface area contributed by atoms with E-state index in [1.165, 1.54) is 12.2 Å². The van der Waals surface area contributed by atoms with Crippen LogP contribution < -0.4 is 0 Å². The topological polar surface area (TPSA) is 127 Å². The van der Waals surface area contributed by atoms with Gasteiger partial charge in [0.1, 0.15) is 30.2 Å². The van der Waals surface area contributed by atoms with Gasteiger partial charge in [0, 0.05) is 11.8 Å². The van der Waals surface area contributed by atoms with Crippen molar-refractivity contribution >= 4 is 38.5 Å². The number of benzene rings is 2. The zero-order valence-corrected chi connectivity index (χ0v) is 40.3. The summed E-state index contributed by atoms with van der Waals surface area (Å²) < 4.78 is 64.1. The molecule has 346 valence electrons. The third-order valence-electron chi connectivity index (χ3n) is 11.2. The second-order valence-corrected chi connectivity index (χ2v) is 18.9. The highest BCUT2D eigenvalue weighted by Gasteiger charge is 2.47. The third-order valence-corrected chi connectivity index (χ3v) is 11.2. The van der Waals surface area contributed by atoms with E-state index < -0.39 is 95.5 Å². The van der Waals surface area contributed by atoms with Crippen LogP contribution in [0.3, 0.4) is 0 Å². The van der Waals surface area contributed by atoms with Gasteiger partial charge >= 0.3 is 11.9 Å². The summed E-state index contributed by atoms with van der Waals surface area (Å²) in [5, 5.41) is 10.6. The lowest BCUT2D eigenvalue weighted by Gasteiger charge is -2.23. The molecule has 9 atom stereocenters. The van der Waals surface area contributed by atoms with Gasteiger partial charge in [-0.2, -0.15) is 0 Å². The van der Waals surface area contributed by atoms with Crippen LogP contribution in [0.4, 0.5) is 8.78 Å². The minimum absolute atomic E-state index is 0.334. The fourth-order valence-electron chi connectivity index (χ4n) is 7.92. The van der Waals surface area contributed by atoms with Crippen LogP contribution in [0.25, 0.3) is 12.2 Å². The lowest BCUT2D eigenvalue weighted by Crippen LogP contribution is -2.36. The first-order valence-corrected chi connectivity index (χ1v) is 23.6. The summed E-state index contributed by atoms with van der Waals surface area (Å²) in [6.07, 6.45) is 4.87. The van der Waals surface area contributed by atoms with E-state index in [1.54, 1.807) is 55.4 Å². The van der Waals surface area contributed by atoms with Crippen LogP contribution >= 0.6 is 8.58 Å². The molecule has 0 amide bonds. The molecule has 4 aliphatic rings. The van der Waals surface area contributed by atoms with Gasteiger partial charge in [-0.1, -0.05) is 73.5 Å². The van der Waals surface area contributed by atoms with E-state index in [4.69, 9.17) is 28.4 Å². The molecule has 0 spiro atoms. The van der Waals surface area contributed by atoms with Crippen molar-refractivity contribution in [1.29, 1.82) is 0 Å². The molecule has 2 fully saturated rings. The molecule has 1 N–H and O–H groups in total. The van der Waals surface area contributed by atoms with Gasteiger partial charge in [0.05, 0.1) is 23.3 Å². The monoisotopic (exact) mass is 896 g/mol. The number of ketones is 1. The number of ether oxygens (including phenoxy) is 6. The Hall–Kier alpha value is -3.90. The van der Waals surface area contributed by atoms with Gasteiger partial charge in [-0.05, 0) is 130 Å². The predicted octanol–water partition coefficient (Wildman–Crippen LogP) is 10.4. The molecular formula is C50H67F2O10P. The Labute approximate surface area is 374 Å². The first-order chi connectivity index (χ1) is 29.4. The maximum Gasteiger partial charge on any atom is 0.339 e. The summed E-state index contributed by atoms with van der Waals surface area (Å²) in [6.45, 7) is 25.7. The Kier molecular flexibility index (Phi) is 17.9.